The second kappa shape index (κ2) is 10.7. The van der Waals surface area contributed by atoms with Crippen LogP contribution in [0.2, 0.25) is 5.02 Å². The number of aromatic nitrogens is 2. The van der Waals surface area contributed by atoms with Crippen molar-refractivity contribution in [2.24, 2.45) is 5.73 Å². The number of anilines is 3. The molecule has 12 heteroatoms. The molecule has 0 saturated carbocycles. The average molecular weight is 517 g/mol. The van der Waals surface area contributed by atoms with Gasteiger partial charge in [-0.3, -0.25) is 4.98 Å². The summed E-state index contributed by atoms with van der Waals surface area (Å²) < 4.78 is 45.0. The first-order valence-corrected chi connectivity index (χ1v) is 11.0. The largest absolute Gasteiger partial charge is 0.457 e. The predicted octanol–water partition coefficient (Wildman–Crippen LogP) is 6.11. The summed E-state index contributed by atoms with van der Waals surface area (Å²) in [6.45, 7) is 1.02. The van der Waals surface area contributed by atoms with Crippen LogP contribution < -0.4 is 26.4 Å². The Morgan fingerprint density at radius 2 is 1.72 bits per heavy atom. The van der Waals surface area contributed by atoms with Gasteiger partial charge in [0, 0.05) is 36.6 Å². The Kier molecular flexibility index (Phi) is 7.41. The van der Waals surface area contributed by atoms with E-state index in [9.17, 15) is 18.0 Å². The molecular weight excluding hydrogens is 497 g/mol. The van der Waals surface area contributed by atoms with Gasteiger partial charge in [-0.1, -0.05) is 17.7 Å². The third-order valence-corrected chi connectivity index (χ3v) is 5.15. The van der Waals surface area contributed by atoms with Crippen LogP contribution in [0.3, 0.4) is 0 Å². The minimum atomic E-state index is -4.65. The van der Waals surface area contributed by atoms with Crippen LogP contribution in [-0.2, 0) is 6.18 Å². The number of alkyl halides is 3. The molecule has 0 atom stereocenters. The van der Waals surface area contributed by atoms with Crippen LogP contribution in [0.4, 0.5) is 35.2 Å². The van der Waals surface area contributed by atoms with Crippen LogP contribution in [0, 0.1) is 0 Å². The molecule has 0 spiro atoms. The molecule has 0 bridgehead atoms. The molecule has 186 valence electrons. The smallest absolute Gasteiger partial charge is 0.417 e. The molecule has 1 heterocycles. The molecule has 4 aromatic rings. The van der Waals surface area contributed by atoms with Crippen molar-refractivity contribution < 1.29 is 22.7 Å². The van der Waals surface area contributed by atoms with E-state index >= 15 is 0 Å². The lowest BCUT2D eigenvalue weighted by molar-refractivity contribution is -0.137. The average Bonchev–Trinajstić information content (AvgIpc) is 2.83. The molecule has 3 aromatic carbocycles. The van der Waals surface area contributed by atoms with Gasteiger partial charge in [-0.2, -0.15) is 13.2 Å². The van der Waals surface area contributed by atoms with Crippen LogP contribution in [0.1, 0.15) is 5.56 Å². The molecule has 0 saturated heterocycles. The van der Waals surface area contributed by atoms with E-state index in [-0.39, 0.29) is 5.69 Å². The number of nitrogens with one attached hydrogen (secondary N) is 3. The SMILES string of the molecule is NCCNc1cnc2ccc(Oc3cccc(NC(=O)Nc4ccc(Cl)c(C(F)(F)F)c4)c3)cc2n1. The van der Waals surface area contributed by atoms with Crippen molar-refractivity contribution in [2.75, 3.05) is 29.0 Å². The first-order chi connectivity index (χ1) is 17.2. The third kappa shape index (κ3) is 6.32. The van der Waals surface area contributed by atoms with Gasteiger partial charge in [0.15, 0.2) is 0 Å². The highest BCUT2D eigenvalue weighted by Gasteiger charge is 2.33. The van der Waals surface area contributed by atoms with Crippen LogP contribution in [-0.4, -0.2) is 29.1 Å². The highest BCUT2D eigenvalue weighted by molar-refractivity contribution is 6.31. The van der Waals surface area contributed by atoms with Gasteiger partial charge < -0.3 is 26.4 Å². The van der Waals surface area contributed by atoms with Gasteiger partial charge in [-0.25, -0.2) is 9.78 Å². The van der Waals surface area contributed by atoms with Crippen molar-refractivity contribution in [1.82, 2.24) is 9.97 Å². The minimum absolute atomic E-state index is 0.0609. The van der Waals surface area contributed by atoms with Crippen molar-refractivity contribution in [3.8, 4) is 11.5 Å². The zero-order valence-electron chi connectivity index (χ0n) is 18.6. The number of benzene rings is 3. The summed E-state index contributed by atoms with van der Waals surface area (Å²) in [6.07, 6.45) is -3.03. The van der Waals surface area contributed by atoms with Crippen molar-refractivity contribution >= 4 is 45.9 Å². The van der Waals surface area contributed by atoms with Gasteiger partial charge in [0.1, 0.15) is 17.3 Å². The molecule has 0 fully saturated rings. The fourth-order valence-corrected chi connectivity index (χ4v) is 3.45. The summed E-state index contributed by atoms with van der Waals surface area (Å²) in [5, 5.41) is 7.53. The predicted molar refractivity (Wildman–Crippen MR) is 133 cm³/mol. The van der Waals surface area contributed by atoms with E-state index in [0.717, 1.165) is 12.1 Å². The number of ether oxygens (including phenoxy) is 1. The number of fused-ring (bicyclic) bond motifs is 1. The van der Waals surface area contributed by atoms with Crippen molar-refractivity contribution in [2.45, 2.75) is 6.18 Å². The Balaban J connectivity index is 1.44. The van der Waals surface area contributed by atoms with E-state index in [0.29, 0.717) is 47.1 Å². The number of carbonyl (C=O) groups is 1. The zero-order valence-corrected chi connectivity index (χ0v) is 19.3. The van der Waals surface area contributed by atoms with E-state index in [1.54, 1.807) is 48.7 Å². The van der Waals surface area contributed by atoms with Crippen LogP contribution >= 0.6 is 11.6 Å². The highest BCUT2D eigenvalue weighted by atomic mass is 35.5. The molecular formula is C24H20ClF3N6O2. The third-order valence-electron chi connectivity index (χ3n) is 4.82. The van der Waals surface area contributed by atoms with Crippen LogP contribution in [0.5, 0.6) is 11.5 Å². The molecule has 4 rings (SSSR count). The van der Waals surface area contributed by atoms with E-state index in [1.807, 2.05) is 0 Å². The van der Waals surface area contributed by atoms with Gasteiger partial charge in [0.2, 0.25) is 0 Å². The number of carbonyl (C=O) groups excluding carboxylic acids is 1. The quantitative estimate of drug-likeness (QED) is 0.236. The Morgan fingerprint density at radius 3 is 2.47 bits per heavy atom. The summed E-state index contributed by atoms with van der Waals surface area (Å²) in [5.74, 6) is 1.50. The maximum atomic E-state index is 13.1. The molecule has 36 heavy (non-hydrogen) atoms. The molecule has 1 aromatic heterocycles. The molecule has 0 aliphatic carbocycles. The standard InChI is InChI=1S/C24H20ClF3N6O2/c25-19-6-4-15(11-18(19)24(26,27)28)33-23(35)32-14-2-1-3-16(10-14)36-17-5-7-20-21(12-17)34-22(13-31-20)30-9-8-29/h1-7,10-13H,8-9,29H2,(H,30,34)(H2,32,33,35). The van der Waals surface area contributed by atoms with E-state index in [1.165, 1.54) is 6.07 Å². The van der Waals surface area contributed by atoms with E-state index < -0.39 is 22.8 Å². The summed E-state index contributed by atoms with van der Waals surface area (Å²) in [5.41, 5.74) is 6.06. The Morgan fingerprint density at radius 1 is 0.972 bits per heavy atom. The lowest BCUT2D eigenvalue weighted by Crippen LogP contribution is -2.20. The zero-order chi connectivity index (χ0) is 25.7. The summed E-state index contributed by atoms with van der Waals surface area (Å²) in [6, 6.07) is 14.1. The van der Waals surface area contributed by atoms with Gasteiger partial charge >= 0.3 is 12.2 Å². The molecule has 5 N–H and O–H groups in total. The highest BCUT2D eigenvalue weighted by Crippen LogP contribution is 2.36. The summed E-state index contributed by atoms with van der Waals surface area (Å²) in [4.78, 5) is 21.2. The second-order valence-corrected chi connectivity index (χ2v) is 7.93. The Hall–Kier alpha value is -4.09. The molecule has 0 radical (unpaired) electrons. The number of halogens is 4. The number of urea groups is 1. The fourth-order valence-electron chi connectivity index (χ4n) is 3.23. The van der Waals surface area contributed by atoms with Gasteiger partial charge in [-0.05, 0) is 42.5 Å². The summed E-state index contributed by atoms with van der Waals surface area (Å²) in [7, 11) is 0. The number of nitrogens with two attached hydrogens (primary N) is 1. The van der Waals surface area contributed by atoms with Crippen LogP contribution in [0.15, 0.2) is 66.9 Å². The minimum Gasteiger partial charge on any atom is -0.457 e. The van der Waals surface area contributed by atoms with Crippen molar-refractivity contribution in [3.05, 3.63) is 77.4 Å². The maximum absolute atomic E-state index is 13.1. The van der Waals surface area contributed by atoms with E-state index in [4.69, 9.17) is 22.1 Å². The maximum Gasteiger partial charge on any atom is 0.417 e. The monoisotopic (exact) mass is 516 g/mol. The number of hydrogen-bond acceptors (Lipinski definition) is 6. The lowest BCUT2D eigenvalue weighted by atomic mass is 10.2. The van der Waals surface area contributed by atoms with Gasteiger partial charge in [-0.15, -0.1) is 0 Å². The number of amides is 2. The van der Waals surface area contributed by atoms with Crippen molar-refractivity contribution in [3.63, 3.8) is 0 Å². The number of hydrogen-bond donors (Lipinski definition) is 4. The lowest BCUT2D eigenvalue weighted by Gasteiger charge is -2.13. The summed E-state index contributed by atoms with van der Waals surface area (Å²) >= 11 is 5.61. The number of nitrogens with zero attached hydrogens (tertiary/aromatic N) is 2. The molecule has 2 amide bonds. The fraction of sp³-hybridized carbons (Fsp3) is 0.125. The van der Waals surface area contributed by atoms with Crippen LogP contribution in [0.25, 0.3) is 11.0 Å². The molecule has 8 nitrogen and oxygen atoms in total. The van der Waals surface area contributed by atoms with E-state index in [2.05, 4.69) is 25.9 Å². The molecule has 0 unspecified atom stereocenters. The normalized spacial score (nSPS) is 11.2. The first-order valence-electron chi connectivity index (χ1n) is 10.6. The number of rotatable bonds is 7. The van der Waals surface area contributed by atoms with Gasteiger partial charge in [0.05, 0.1) is 27.8 Å². The second-order valence-electron chi connectivity index (χ2n) is 7.52. The molecule has 0 aliphatic heterocycles. The van der Waals surface area contributed by atoms with Gasteiger partial charge in [0.25, 0.3) is 0 Å². The molecule has 0 aliphatic rings. The Labute approximate surface area is 208 Å². The topological polar surface area (TPSA) is 114 Å². The first kappa shape index (κ1) is 25.0. The Bertz CT molecular complexity index is 1400. The van der Waals surface area contributed by atoms with Crippen molar-refractivity contribution in [1.29, 1.82) is 0 Å².